The third-order valence-electron chi connectivity index (χ3n) is 10.9. The SMILES string of the molecule is CN1CCc2cc(Nc3nc(-c4cc(F)cc5c4C[NH+]([O-])C4CC46Cn4c(cc7c4CCCC7)C(=O)N56)cn(C)c3=O)ccc2C1. The lowest BCUT2D eigenvalue weighted by Gasteiger charge is -2.38. The molecule has 1 amide bonds. The molecular formula is C35H36FN7O3. The van der Waals surface area contributed by atoms with E-state index in [1.54, 1.807) is 18.1 Å². The number of carbonyl (C=O) groups excluding carboxylic acids is 1. The Morgan fingerprint density at radius 3 is 2.76 bits per heavy atom. The van der Waals surface area contributed by atoms with Crippen LogP contribution in [0, 0.1) is 11.0 Å². The number of aryl methyl sites for hydroxylation is 2. The van der Waals surface area contributed by atoms with Gasteiger partial charge in [-0.3, -0.25) is 14.5 Å². The van der Waals surface area contributed by atoms with Crippen molar-refractivity contribution in [1.29, 1.82) is 0 Å². The largest absolute Gasteiger partial charge is 0.634 e. The minimum absolute atomic E-state index is 0.0526. The molecule has 11 heteroatoms. The molecule has 0 saturated heterocycles. The molecular weight excluding hydrogens is 585 g/mol. The van der Waals surface area contributed by atoms with Crippen LogP contribution < -0.4 is 20.8 Å². The molecule has 9 rings (SSSR count). The van der Waals surface area contributed by atoms with Crippen LogP contribution in [0.15, 0.2) is 47.4 Å². The van der Waals surface area contributed by atoms with E-state index in [0.717, 1.165) is 50.9 Å². The number of fused-ring (bicyclic) bond motifs is 6. The molecule has 5 aliphatic rings. The number of hydrogen-bond acceptors (Lipinski definition) is 6. The zero-order chi connectivity index (χ0) is 31.5. The Hall–Kier alpha value is -4.32. The van der Waals surface area contributed by atoms with E-state index >= 15 is 4.39 Å². The second-order valence-electron chi connectivity index (χ2n) is 13.9. The van der Waals surface area contributed by atoms with Crippen molar-refractivity contribution in [3.63, 3.8) is 0 Å². The second kappa shape index (κ2) is 9.84. The van der Waals surface area contributed by atoms with E-state index in [-0.39, 0.29) is 34.9 Å². The highest BCUT2D eigenvalue weighted by Crippen LogP contribution is 2.52. The average molecular weight is 622 g/mol. The highest BCUT2D eigenvalue weighted by molar-refractivity contribution is 6.09. The van der Waals surface area contributed by atoms with E-state index < -0.39 is 11.4 Å². The van der Waals surface area contributed by atoms with Crippen molar-refractivity contribution in [2.24, 2.45) is 7.05 Å². The number of quaternary nitrogens is 1. The third-order valence-corrected chi connectivity index (χ3v) is 10.9. The van der Waals surface area contributed by atoms with Crippen LogP contribution in [0.5, 0.6) is 0 Å². The molecule has 10 nitrogen and oxygen atoms in total. The first-order valence-corrected chi connectivity index (χ1v) is 16.3. The fourth-order valence-electron chi connectivity index (χ4n) is 8.52. The predicted octanol–water partition coefficient (Wildman–Crippen LogP) is 3.07. The maximum absolute atomic E-state index is 15.6. The number of hydrogen-bond donors (Lipinski definition) is 2. The van der Waals surface area contributed by atoms with Gasteiger partial charge < -0.3 is 29.6 Å². The van der Waals surface area contributed by atoms with Crippen LogP contribution in [-0.4, -0.2) is 50.1 Å². The number of carbonyl (C=O) groups is 1. The summed E-state index contributed by atoms with van der Waals surface area (Å²) in [5.41, 5.74) is 7.08. The molecule has 2 aromatic heterocycles. The lowest BCUT2D eigenvalue weighted by molar-refractivity contribution is -0.875. The fraction of sp³-hybridized carbons (Fsp3) is 0.400. The lowest BCUT2D eigenvalue weighted by atomic mass is 9.98. The van der Waals surface area contributed by atoms with Gasteiger partial charge in [-0.05, 0) is 86.2 Å². The highest BCUT2D eigenvalue weighted by Gasteiger charge is 2.68. The number of halogens is 1. The minimum Gasteiger partial charge on any atom is -0.634 e. The van der Waals surface area contributed by atoms with Gasteiger partial charge in [-0.25, -0.2) is 9.37 Å². The van der Waals surface area contributed by atoms with Crippen molar-refractivity contribution in [1.82, 2.24) is 19.0 Å². The first kappa shape index (κ1) is 27.9. The van der Waals surface area contributed by atoms with Gasteiger partial charge in [-0.15, -0.1) is 0 Å². The van der Waals surface area contributed by atoms with Crippen LogP contribution >= 0.6 is 0 Å². The number of nitrogens with one attached hydrogen (secondary N) is 2. The third kappa shape index (κ3) is 4.08. The second-order valence-corrected chi connectivity index (χ2v) is 13.9. The number of aromatic nitrogens is 3. The van der Waals surface area contributed by atoms with Crippen LogP contribution in [-0.2, 0) is 45.9 Å². The molecule has 0 radical (unpaired) electrons. The number of amides is 1. The Bertz CT molecular complexity index is 2040. The topological polar surface area (TPSA) is 103 Å². The van der Waals surface area contributed by atoms with E-state index in [9.17, 15) is 14.8 Å². The first-order valence-electron chi connectivity index (χ1n) is 16.3. The van der Waals surface area contributed by atoms with Crippen molar-refractivity contribution < 1.29 is 14.2 Å². The maximum Gasteiger partial charge on any atom is 0.293 e. The van der Waals surface area contributed by atoms with E-state index in [1.165, 1.54) is 39.1 Å². The first-order chi connectivity index (χ1) is 22.2. The lowest BCUT2D eigenvalue weighted by Crippen LogP contribution is -3.08. The summed E-state index contributed by atoms with van der Waals surface area (Å²) >= 11 is 0. The van der Waals surface area contributed by atoms with Gasteiger partial charge in [0.05, 0.1) is 17.9 Å². The van der Waals surface area contributed by atoms with Crippen molar-refractivity contribution in [3.05, 3.63) is 97.6 Å². The quantitative estimate of drug-likeness (QED) is 0.341. The molecule has 3 unspecified atom stereocenters. The maximum atomic E-state index is 15.6. The summed E-state index contributed by atoms with van der Waals surface area (Å²) in [7, 11) is 3.74. The number of anilines is 3. The molecule has 0 bridgehead atoms. The van der Waals surface area contributed by atoms with Gasteiger partial charge in [0, 0.05) is 55.3 Å². The van der Waals surface area contributed by atoms with E-state index in [0.29, 0.717) is 41.2 Å². The van der Waals surface area contributed by atoms with Gasteiger partial charge >= 0.3 is 0 Å². The fourth-order valence-corrected chi connectivity index (χ4v) is 8.52. The Balaban J connectivity index is 1.15. The van der Waals surface area contributed by atoms with Crippen molar-refractivity contribution in [2.45, 2.75) is 69.7 Å². The molecule has 4 aromatic rings. The highest BCUT2D eigenvalue weighted by atomic mass is 19.1. The number of benzene rings is 2. The van der Waals surface area contributed by atoms with Crippen molar-refractivity contribution in [3.8, 4) is 11.3 Å². The van der Waals surface area contributed by atoms with Gasteiger partial charge in [0.1, 0.15) is 29.6 Å². The molecule has 2 N–H and O–H groups in total. The van der Waals surface area contributed by atoms with Gasteiger partial charge in [-0.2, -0.15) is 0 Å². The normalized spacial score (nSPS) is 24.6. The van der Waals surface area contributed by atoms with Crippen LogP contribution in [0.2, 0.25) is 0 Å². The molecule has 2 aromatic carbocycles. The van der Waals surface area contributed by atoms with Crippen LogP contribution in [0.3, 0.4) is 0 Å². The summed E-state index contributed by atoms with van der Waals surface area (Å²) in [5, 5.41) is 17.1. The molecule has 1 spiro atoms. The predicted molar refractivity (Wildman–Crippen MR) is 172 cm³/mol. The molecule has 2 aliphatic carbocycles. The smallest absolute Gasteiger partial charge is 0.293 e. The number of hydroxylamine groups is 2. The number of likely N-dealkylation sites (N-methyl/N-ethyl adjacent to an activating group) is 1. The van der Waals surface area contributed by atoms with Gasteiger partial charge in [0.2, 0.25) is 0 Å². The van der Waals surface area contributed by atoms with E-state index in [1.807, 2.05) is 12.1 Å². The molecule has 1 saturated carbocycles. The summed E-state index contributed by atoms with van der Waals surface area (Å²) < 4.78 is 19.2. The molecule has 236 valence electrons. The van der Waals surface area contributed by atoms with E-state index in [2.05, 4.69) is 34.0 Å². The number of nitrogens with zero attached hydrogens (tertiary/aromatic N) is 5. The van der Waals surface area contributed by atoms with Crippen LogP contribution in [0.25, 0.3) is 11.3 Å². The Morgan fingerprint density at radius 2 is 1.89 bits per heavy atom. The Morgan fingerprint density at radius 1 is 1.04 bits per heavy atom. The van der Waals surface area contributed by atoms with Gasteiger partial charge in [-0.1, -0.05) is 6.07 Å². The van der Waals surface area contributed by atoms with Crippen molar-refractivity contribution >= 4 is 23.1 Å². The zero-order valence-electron chi connectivity index (χ0n) is 26.0. The van der Waals surface area contributed by atoms with Crippen LogP contribution in [0.4, 0.5) is 21.6 Å². The molecule has 46 heavy (non-hydrogen) atoms. The number of rotatable bonds is 3. The minimum atomic E-state index is -0.688. The molecule has 1 fully saturated rings. The Kier molecular flexibility index (Phi) is 5.98. The monoisotopic (exact) mass is 621 g/mol. The summed E-state index contributed by atoms with van der Waals surface area (Å²) in [5.74, 6) is -0.582. The van der Waals surface area contributed by atoms with Gasteiger partial charge in [0.15, 0.2) is 5.82 Å². The summed E-state index contributed by atoms with van der Waals surface area (Å²) in [4.78, 5) is 36.4. The average Bonchev–Trinajstić information content (AvgIpc) is 3.65. The van der Waals surface area contributed by atoms with E-state index in [4.69, 9.17) is 4.98 Å². The Labute approximate surface area is 265 Å². The summed E-state index contributed by atoms with van der Waals surface area (Å²) in [6.07, 6.45) is 7.16. The standard InChI is InChI=1S/C35H36FN7O3/c1-39-10-9-20-11-24(8-7-22(20)16-39)37-32-34(45)40(2)18-27(38-32)25-13-23(36)14-29-26(25)17-42(46)31-15-35(31)19-41-28-6-4-3-5-21(28)12-30(41)33(44)43(29)35/h7-8,11-14,18,31,42H,3-6,9-10,15-17,19H2,1-2H3,(H,37,38). The summed E-state index contributed by atoms with van der Waals surface area (Å²) in [6, 6.07) is 10.6. The summed E-state index contributed by atoms with van der Waals surface area (Å²) in [6.45, 7) is 2.46. The molecule has 3 aliphatic heterocycles. The molecule has 5 heterocycles. The van der Waals surface area contributed by atoms with Gasteiger partial charge in [0.25, 0.3) is 11.5 Å². The molecule has 3 atom stereocenters. The van der Waals surface area contributed by atoms with Crippen LogP contribution in [0.1, 0.15) is 57.7 Å². The van der Waals surface area contributed by atoms with Crippen molar-refractivity contribution in [2.75, 3.05) is 23.8 Å². The zero-order valence-corrected chi connectivity index (χ0v) is 26.0.